The van der Waals surface area contributed by atoms with Crippen molar-refractivity contribution in [2.45, 2.75) is 53.0 Å². The predicted octanol–water partition coefficient (Wildman–Crippen LogP) is 4.06. The smallest absolute Gasteiger partial charge is 0.223 e. The highest BCUT2D eigenvalue weighted by Crippen LogP contribution is 2.33. The molecule has 2 aromatic rings. The number of hydrogen-bond donors (Lipinski definition) is 0. The third-order valence-corrected chi connectivity index (χ3v) is 5.95. The number of ketones is 1. The average molecular weight is 405 g/mol. The molecule has 0 saturated heterocycles. The Bertz CT molecular complexity index is 1040. The molecule has 1 heterocycles. The van der Waals surface area contributed by atoms with Crippen molar-refractivity contribution in [2.75, 3.05) is 12.9 Å². The van der Waals surface area contributed by atoms with Gasteiger partial charge in [0.2, 0.25) is 5.88 Å². The number of rotatable bonds is 7. The van der Waals surface area contributed by atoms with Gasteiger partial charge in [-0.1, -0.05) is 5.57 Å². The first-order chi connectivity index (χ1) is 13.0. The van der Waals surface area contributed by atoms with Gasteiger partial charge in [-0.2, -0.15) is 5.10 Å². The Morgan fingerprint density at radius 1 is 1.14 bits per heavy atom. The Hall–Kier alpha value is -2.41. The Kier molecular flexibility index (Phi) is 6.49. The molecule has 0 spiro atoms. The number of hydrogen-bond acceptors (Lipinski definition) is 5. The number of aromatic nitrogens is 2. The van der Waals surface area contributed by atoms with Crippen molar-refractivity contribution >= 4 is 21.2 Å². The van der Waals surface area contributed by atoms with Crippen molar-refractivity contribution in [3.63, 3.8) is 0 Å². The van der Waals surface area contributed by atoms with Crippen LogP contribution in [0.3, 0.4) is 0 Å². The Morgan fingerprint density at radius 3 is 2.29 bits per heavy atom. The van der Waals surface area contributed by atoms with Crippen LogP contribution in [0.1, 0.15) is 61.7 Å². The number of nitrogens with zero attached hydrogens (tertiary/aromatic N) is 2. The normalized spacial score (nSPS) is 11.4. The lowest BCUT2D eigenvalue weighted by Crippen LogP contribution is -2.12. The van der Waals surface area contributed by atoms with Crippen LogP contribution in [0.25, 0.3) is 5.57 Å². The first-order valence-corrected chi connectivity index (χ1v) is 11.1. The molecule has 0 fully saturated rings. The average Bonchev–Trinajstić information content (AvgIpc) is 3.02. The van der Waals surface area contributed by atoms with Gasteiger partial charge in [0.05, 0.1) is 17.7 Å². The van der Waals surface area contributed by atoms with Gasteiger partial charge in [-0.05, 0) is 70.4 Å². The van der Waals surface area contributed by atoms with Crippen LogP contribution in [-0.4, -0.2) is 36.8 Å². The van der Waals surface area contributed by atoms with Crippen molar-refractivity contribution in [1.82, 2.24) is 9.78 Å². The summed E-state index contributed by atoms with van der Waals surface area (Å²) in [5.41, 5.74) is 3.89. The van der Waals surface area contributed by atoms with Gasteiger partial charge < -0.3 is 4.74 Å². The number of carbonyl (C=O) groups excluding carboxylic acids is 1. The minimum Gasteiger partial charge on any atom is -0.478 e. The highest BCUT2D eigenvalue weighted by molar-refractivity contribution is 7.90. The van der Waals surface area contributed by atoms with Gasteiger partial charge in [-0.15, -0.1) is 0 Å². The number of carbonyl (C=O) groups is 1. The van der Waals surface area contributed by atoms with Crippen LogP contribution in [0.4, 0.5) is 0 Å². The van der Waals surface area contributed by atoms with Crippen LogP contribution in [-0.2, 0) is 16.4 Å². The van der Waals surface area contributed by atoms with Crippen LogP contribution < -0.4 is 4.74 Å². The highest BCUT2D eigenvalue weighted by Gasteiger charge is 2.25. The van der Waals surface area contributed by atoms with Crippen LogP contribution in [0.15, 0.2) is 28.8 Å². The van der Waals surface area contributed by atoms with Crippen molar-refractivity contribution in [2.24, 2.45) is 0 Å². The molecule has 2 rings (SSSR count). The molecule has 0 aliphatic rings. The van der Waals surface area contributed by atoms with E-state index in [1.807, 2.05) is 34.6 Å². The van der Waals surface area contributed by atoms with Crippen LogP contribution >= 0.6 is 0 Å². The largest absolute Gasteiger partial charge is 0.478 e. The number of allylic oxidation sites excluding steroid dienone is 2. The SMILES string of the molecule is CCOc1c(C(=O)c2ccc(S(C)(=O)=O)c(C(C)=C(C)C)c2C)cnn1CC. The van der Waals surface area contributed by atoms with E-state index in [0.717, 1.165) is 11.1 Å². The van der Waals surface area contributed by atoms with E-state index in [-0.39, 0.29) is 10.7 Å². The molecular formula is C21H28N2O4S. The van der Waals surface area contributed by atoms with Gasteiger partial charge in [-0.3, -0.25) is 4.79 Å². The minimum absolute atomic E-state index is 0.231. The second-order valence-corrected chi connectivity index (χ2v) is 8.93. The van der Waals surface area contributed by atoms with E-state index in [1.165, 1.54) is 18.5 Å². The van der Waals surface area contributed by atoms with Crippen molar-refractivity contribution in [3.05, 3.63) is 46.2 Å². The summed E-state index contributed by atoms with van der Waals surface area (Å²) in [7, 11) is -3.44. The molecule has 0 bridgehead atoms. The Balaban J connectivity index is 2.75. The van der Waals surface area contributed by atoms with Crippen molar-refractivity contribution < 1.29 is 17.9 Å². The maximum Gasteiger partial charge on any atom is 0.223 e. The van der Waals surface area contributed by atoms with E-state index in [0.29, 0.717) is 41.3 Å². The zero-order valence-electron chi connectivity index (χ0n) is 17.6. The van der Waals surface area contributed by atoms with Crippen molar-refractivity contribution in [3.8, 4) is 5.88 Å². The molecule has 0 saturated carbocycles. The molecule has 7 heteroatoms. The summed E-state index contributed by atoms with van der Waals surface area (Å²) < 4.78 is 31.9. The number of aryl methyl sites for hydroxylation is 1. The van der Waals surface area contributed by atoms with Gasteiger partial charge in [0.1, 0.15) is 5.56 Å². The molecule has 0 aliphatic carbocycles. The van der Waals surface area contributed by atoms with E-state index < -0.39 is 9.84 Å². The fraction of sp³-hybridized carbons (Fsp3) is 0.429. The second-order valence-electron chi connectivity index (χ2n) is 6.95. The highest BCUT2D eigenvalue weighted by atomic mass is 32.2. The first kappa shape index (κ1) is 21.9. The lowest BCUT2D eigenvalue weighted by Gasteiger charge is -2.17. The lowest BCUT2D eigenvalue weighted by atomic mass is 9.91. The summed E-state index contributed by atoms with van der Waals surface area (Å²) in [6, 6.07) is 3.09. The minimum atomic E-state index is -3.44. The van der Waals surface area contributed by atoms with E-state index in [2.05, 4.69) is 5.10 Å². The fourth-order valence-electron chi connectivity index (χ4n) is 3.15. The van der Waals surface area contributed by atoms with Crippen LogP contribution in [0.5, 0.6) is 5.88 Å². The monoisotopic (exact) mass is 404 g/mol. The van der Waals surface area contributed by atoms with Crippen molar-refractivity contribution in [1.29, 1.82) is 0 Å². The van der Waals surface area contributed by atoms with Gasteiger partial charge in [0.25, 0.3) is 0 Å². The topological polar surface area (TPSA) is 78.3 Å². The zero-order chi connectivity index (χ0) is 21.2. The van der Waals surface area contributed by atoms with Gasteiger partial charge >= 0.3 is 0 Å². The Morgan fingerprint density at radius 2 is 1.79 bits per heavy atom. The van der Waals surface area contributed by atoms with Gasteiger partial charge in [0, 0.05) is 18.4 Å². The summed E-state index contributed by atoms with van der Waals surface area (Å²) in [6.45, 7) is 12.3. The molecule has 152 valence electrons. The molecule has 0 aliphatic heterocycles. The van der Waals surface area contributed by atoms with E-state index >= 15 is 0 Å². The van der Waals surface area contributed by atoms with E-state index in [4.69, 9.17) is 4.74 Å². The maximum atomic E-state index is 13.3. The molecule has 6 nitrogen and oxygen atoms in total. The molecule has 1 aromatic heterocycles. The molecule has 1 aromatic carbocycles. The third-order valence-electron chi connectivity index (χ3n) is 4.81. The van der Waals surface area contributed by atoms with Crippen LogP contribution in [0.2, 0.25) is 0 Å². The molecule has 28 heavy (non-hydrogen) atoms. The fourth-order valence-corrected chi connectivity index (χ4v) is 4.14. The molecule has 0 atom stereocenters. The maximum absolute atomic E-state index is 13.3. The number of sulfone groups is 1. The summed E-state index contributed by atoms with van der Waals surface area (Å²) in [5, 5.41) is 4.24. The number of ether oxygens (including phenoxy) is 1. The van der Waals surface area contributed by atoms with Gasteiger partial charge in [0.15, 0.2) is 15.6 Å². The quantitative estimate of drug-likeness (QED) is 0.650. The summed E-state index contributed by atoms with van der Waals surface area (Å²) >= 11 is 0. The summed E-state index contributed by atoms with van der Waals surface area (Å²) in [5.74, 6) is 0.200. The molecule has 0 N–H and O–H groups in total. The first-order valence-electron chi connectivity index (χ1n) is 9.25. The molecular weight excluding hydrogens is 376 g/mol. The zero-order valence-corrected chi connectivity index (χ0v) is 18.4. The summed E-state index contributed by atoms with van der Waals surface area (Å²) in [6.07, 6.45) is 2.69. The second kappa shape index (κ2) is 8.31. The van der Waals surface area contributed by atoms with Gasteiger partial charge in [-0.25, -0.2) is 13.1 Å². The van der Waals surface area contributed by atoms with E-state index in [1.54, 1.807) is 17.7 Å². The molecule has 0 radical (unpaired) electrons. The van der Waals surface area contributed by atoms with Crippen LogP contribution in [0, 0.1) is 6.92 Å². The summed E-state index contributed by atoms with van der Waals surface area (Å²) in [4.78, 5) is 13.5. The lowest BCUT2D eigenvalue weighted by molar-refractivity contribution is 0.103. The molecule has 0 amide bonds. The predicted molar refractivity (Wildman–Crippen MR) is 111 cm³/mol. The third kappa shape index (κ3) is 4.04. The van der Waals surface area contributed by atoms with E-state index in [9.17, 15) is 13.2 Å². The molecule has 0 unspecified atom stereocenters. The standard InChI is InChI=1S/C21H28N2O4S/c1-8-23-21(27-9-2)17(12-22-23)20(24)16-10-11-18(28(7,25)26)19(15(16)6)14(5)13(3)4/h10-12H,8-9H2,1-7H3. The number of benzene rings is 1. The Labute approximate surface area is 167 Å².